The number of rotatable bonds is 3. The Morgan fingerprint density at radius 3 is 3.17 bits per heavy atom. The molecule has 0 saturated carbocycles. The number of amides is 1. The van der Waals surface area contributed by atoms with E-state index in [2.05, 4.69) is 22.9 Å². The molecule has 1 atom stereocenters. The van der Waals surface area contributed by atoms with E-state index >= 15 is 0 Å². The van der Waals surface area contributed by atoms with Crippen LogP contribution in [-0.2, 0) is 11.3 Å². The summed E-state index contributed by atoms with van der Waals surface area (Å²) >= 11 is 5.51. The van der Waals surface area contributed by atoms with E-state index in [1.54, 1.807) is 12.4 Å². The highest BCUT2D eigenvalue weighted by molar-refractivity contribution is 7.81. The largest absolute Gasteiger partial charge is 0.349 e. The Balaban J connectivity index is 2.32. The van der Waals surface area contributed by atoms with Gasteiger partial charge in [-0.1, -0.05) is 0 Å². The zero-order valence-corrected chi connectivity index (χ0v) is 8.36. The number of thiazole rings is 1. The topological polar surface area (TPSA) is 42.0 Å². The third-order valence-corrected chi connectivity index (χ3v) is 2.18. The van der Waals surface area contributed by atoms with Gasteiger partial charge in [0.1, 0.15) is 0 Å². The number of thiol groups is 1. The number of hydrogen-bond acceptors (Lipinski definition) is 4. The molecule has 1 aromatic rings. The summed E-state index contributed by atoms with van der Waals surface area (Å²) < 4.78 is 0. The first kappa shape index (κ1) is 9.54. The summed E-state index contributed by atoms with van der Waals surface area (Å²) in [6, 6.07) is 0. The lowest BCUT2D eigenvalue weighted by Crippen LogP contribution is -2.29. The van der Waals surface area contributed by atoms with Gasteiger partial charge < -0.3 is 5.32 Å². The van der Waals surface area contributed by atoms with E-state index in [4.69, 9.17) is 0 Å². The average Bonchev–Trinajstić information content (AvgIpc) is 2.51. The molecule has 0 bridgehead atoms. The third kappa shape index (κ3) is 2.83. The highest BCUT2D eigenvalue weighted by atomic mass is 32.1. The molecule has 1 heterocycles. The molecule has 1 N–H and O–H groups in total. The minimum Gasteiger partial charge on any atom is -0.349 e. The van der Waals surface area contributed by atoms with Crippen molar-refractivity contribution < 1.29 is 4.79 Å². The van der Waals surface area contributed by atoms with E-state index in [0.717, 1.165) is 5.69 Å². The van der Waals surface area contributed by atoms with Crippen LogP contribution >= 0.6 is 24.0 Å². The number of nitrogens with one attached hydrogen (secondary N) is 1. The smallest absolute Gasteiger partial charge is 0.232 e. The van der Waals surface area contributed by atoms with Crippen molar-refractivity contribution in [3.05, 3.63) is 16.6 Å². The molecule has 1 unspecified atom stereocenters. The van der Waals surface area contributed by atoms with Crippen LogP contribution in [-0.4, -0.2) is 16.1 Å². The van der Waals surface area contributed by atoms with Crippen molar-refractivity contribution in [2.75, 3.05) is 0 Å². The lowest BCUT2D eigenvalue weighted by atomic mass is 10.4. The summed E-state index contributed by atoms with van der Waals surface area (Å²) in [5, 5.41) is 4.36. The molecular weight excluding hydrogens is 192 g/mol. The van der Waals surface area contributed by atoms with Crippen LogP contribution in [0.1, 0.15) is 12.6 Å². The molecule has 0 aromatic carbocycles. The molecule has 0 aliphatic heterocycles. The monoisotopic (exact) mass is 202 g/mol. The predicted molar refractivity (Wildman–Crippen MR) is 52.4 cm³/mol. The quantitative estimate of drug-likeness (QED) is 0.720. The maximum absolute atomic E-state index is 11.0. The molecule has 0 aliphatic rings. The highest BCUT2D eigenvalue weighted by Gasteiger charge is 2.06. The Kier molecular flexibility index (Phi) is 3.55. The Hall–Kier alpha value is -0.550. The summed E-state index contributed by atoms with van der Waals surface area (Å²) in [6.07, 6.45) is 0. The normalized spacial score (nSPS) is 12.5. The summed E-state index contributed by atoms with van der Waals surface area (Å²) in [5.74, 6) is -0.0636. The molecule has 3 nitrogen and oxygen atoms in total. The Morgan fingerprint density at radius 2 is 2.67 bits per heavy atom. The van der Waals surface area contributed by atoms with Crippen molar-refractivity contribution >= 4 is 29.9 Å². The molecule has 0 saturated heterocycles. The third-order valence-electron chi connectivity index (χ3n) is 1.31. The molecule has 0 radical (unpaired) electrons. The lowest BCUT2D eigenvalue weighted by molar-refractivity contribution is -0.120. The van der Waals surface area contributed by atoms with Crippen LogP contribution in [0.25, 0.3) is 0 Å². The number of hydrogen-bond donors (Lipinski definition) is 2. The highest BCUT2D eigenvalue weighted by Crippen LogP contribution is 2.00. The van der Waals surface area contributed by atoms with Gasteiger partial charge in [0, 0.05) is 5.38 Å². The van der Waals surface area contributed by atoms with Crippen molar-refractivity contribution in [2.24, 2.45) is 0 Å². The Morgan fingerprint density at radius 1 is 1.92 bits per heavy atom. The van der Waals surface area contributed by atoms with Crippen molar-refractivity contribution in [1.82, 2.24) is 10.3 Å². The standard InChI is InChI=1S/C7H10N2OS2/c1-5(11)7(10)8-2-6-3-12-4-9-6/h3-5,11H,2H2,1H3,(H,8,10). The summed E-state index contributed by atoms with van der Waals surface area (Å²) in [4.78, 5) is 15.1. The van der Waals surface area contributed by atoms with Gasteiger partial charge in [-0.3, -0.25) is 4.79 Å². The summed E-state index contributed by atoms with van der Waals surface area (Å²) in [6.45, 7) is 2.23. The van der Waals surface area contributed by atoms with Crippen molar-refractivity contribution in [3.8, 4) is 0 Å². The molecular formula is C7H10N2OS2. The molecule has 0 aliphatic carbocycles. The second-order valence-electron chi connectivity index (χ2n) is 2.37. The van der Waals surface area contributed by atoms with Crippen LogP contribution in [0.5, 0.6) is 0 Å². The van der Waals surface area contributed by atoms with E-state index in [1.807, 2.05) is 5.38 Å². The van der Waals surface area contributed by atoms with Gasteiger partial charge in [0.15, 0.2) is 0 Å². The van der Waals surface area contributed by atoms with Crippen molar-refractivity contribution in [2.45, 2.75) is 18.7 Å². The van der Waals surface area contributed by atoms with Crippen LogP contribution in [0.4, 0.5) is 0 Å². The minimum absolute atomic E-state index is 0.0636. The van der Waals surface area contributed by atoms with E-state index in [9.17, 15) is 4.79 Å². The minimum atomic E-state index is -0.261. The first-order valence-electron chi connectivity index (χ1n) is 3.53. The van der Waals surface area contributed by atoms with Gasteiger partial charge in [-0.15, -0.1) is 11.3 Å². The van der Waals surface area contributed by atoms with Gasteiger partial charge in [-0.2, -0.15) is 12.6 Å². The van der Waals surface area contributed by atoms with Gasteiger partial charge in [0.05, 0.1) is 23.0 Å². The molecule has 1 aromatic heterocycles. The van der Waals surface area contributed by atoms with E-state index in [-0.39, 0.29) is 11.2 Å². The fourth-order valence-electron chi connectivity index (χ4n) is 0.650. The van der Waals surface area contributed by atoms with Crippen LogP contribution in [0.3, 0.4) is 0 Å². The maximum atomic E-state index is 11.0. The van der Waals surface area contributed by atoms with Gasteiger partial charge in [-0.05, 0) is 6.92 Å². The zero-order valence-electron chi connectivity index (χ0n) is 6.65. The molecule has 0 spiro atoms. The van der Waals surface area contributed by atoms with E-state index < -0.39 is 0 Å². The van der Waals surface area contributed by atoms with Gasteiger partial charge in [-0.25, -0.2) is 4.98 Å². The molecule has 0 fully saturated rings. The summed E-state index contributed by atoms with van der Waals surface area (Å²) in [5.41, 5.74) is 2.63. The first-order chi connectivity index (χ1) is 5.70. The molecule has 66 valence electrons. The fourth-order valence-corrected chi connectivity index (χ4v) is 1.30. The molecule has 12 heavy (non-hydrogen) atoms. The van der Waals surface area contributed by atoms with Crippen LogP contribution in [0, 0.1) is 0 Å². The maximum Gasteiger partial charge on any atom is 0.232 e. The van der Waals surface area contributed by atoms with Gasteiger partial charge in [0.25, 0.3) is 0 Å². The molecule has 1 rings (SSSR count). The Bertz CT molecular complexity index is 246. The average molecular weight is 202 g/mol. The summed E-state index contributed by atoms with van der Waals surface area (Å²) in [7, 11) is 0. The molecule has 5 heteroatoms. The fraction of sp³-hybridized carbons (Fsp3) is 0.429. The second kappa shape index (κ2) is 4.47. The number of nitrogens with zero attached hydrogens (tertiary/aromatic N) is 1. The SMILES string of the molecule is CC(S)C(=O)NCc1cscn1. The van der Waals surface area contributed by atoms with Crippen LogP contribution < -0.4 is 5.32 Å². The van der Waals surface area contributed by atoms with Crippen molar-refractivity contribution in [3.63, 3.8) is 0 Å². The van der Waals surface area contributed by atoms with Crippen LogP contribution in [0.15, 0.2) is 10.9 Å². The first-order valence-corrected chi connectivity index (χ1v) is 4.99. The number of aromatic nitrogens is 1. The van der Waals surface area contributed by atoms with Gasteiger partial charge >= 0.3 is 0 Å². The van der Waals surface area contributed by atoms with E-state index in [0.29, 0.717) is 6.54 Å². The Labute approximate surface area is 80.6 Å². The second-order valence-corrected chi connectivity index (χ2v) is 3.87. The zero-order chi connectivity index (χ0) is 8.97. The number of carbonyl (C=O) groups excluding carboxylic acids is 1. The van der Waals surface area contributed by atoms with Crippen LogP contribution in [0.2, 0.25) is 0 Å². The van der Waals surface area contributed by atoms with Gasteiger partial charge in [0.2, 0.25) is 5.91 Å². The lowest BCUT2D eigenvalue weighted by Gasteiger charge is -2.04. The molecule has 1 amide bonds. The van der Waals surface area contributed by atoms with E-state index in [1.165, 1.54) is 11.3 Å². The number of carbonyl (C=O) groups is 1. The predicted octanol–water partition coefficient (Wildman–Crippen LogP) is 1.08. The van der Waals surface area contributed by atoms with Crippen molar-refractivity contribution in [1.29, 1.82) is 0 Å².